The molecule has 0 aliphatic heterocycles. The first-order chi connectivity index (χ1) is 9.58. The molecule has 2 rings (SSSR count). The first kappa shape index (κ1) is 14.7. The third kappa shape index (κ3) is 4.16. The number of carbonyl (C=O) groups excluding carboxylic acids is 1. The Labute approximate surface area is 116 Å². The zero-order valence-corrected chi connectivity index (χ0v) is 11.4. The SMILES string of the molecule is CN(CCOCC1CC1)C(=O)Nc1cccc(F)c1F. The largest absolute Gasteiger partial charge is 0.379 e. The summed E-state index contributed by atoms with van der Waals surface area (Å²) in [6.45, 7) is 1.57. The molecule has 20 heavy (non-hydrogen) atoms. The molecule has 1 aromatic carbocycles. The number of amides is 2. The van der Waals surface area contributed by atoms with Gasteiger partial charge in [-0.15, -0.1) is 0 Å². The maximum atomic E-state index is 13.4. The molecule has 1 saturated carbocycles. The number of nitrogens with zero attached hydrogens (tertiary/aromatic N) is 1. The van der Waals surface area contributed by atoms with Gasteiger partial charge in [0.05, 0.1) is 12.3 Å². The quantitative estimate of drug-likeness (QED) is 0.816. The Morgan fingerprint density at radius 2 is 2.20 bits per heavy atom. The minimum atomic E-state index is -1.06. The number of hydrogen-bond donors (Lipinski definition) is 1. The standard InChI is InChI=1S/C14H18F2N2O2/c1-18(7-8-20-9-10-5-6-10)14(19)17-12-4-2-3-11(15)13(12)16/h2-4,10H,5-9H2,1H3,(H,17,19). The highest BCUT2D eigenvalue weighted by atomic mass is 19.2. The van der Waals surface area contributed by atoms with Crippen LogP contribution in [0.2, 0.25) is 0 Å². The van der Waals surface area contributed by atoms with E-state index in [0.717, 1.165) is 12.7 Å². The molecule has 0 spiro atoms. The number of halogens is 2. The Morgan fingerprint density at radius 1 is 1.45 bits per heavy atom. The van der Waals surface area contributed by atoms with E-state index in [9.17, 15) is 13.6 Å². The highest BCUT2D eigenvalue weighted by Crippen LogP contribution is 2.28. The van der Waals surface area contributed by atoms with Crippen molar-refractivity contribution in [2.24, 2.45) is 5.92 Å². The van der Waals surface area contributed by atoms with Crippen molar-refractivity contribution in [1.29, 1.82) is 0 Å². The first-order valence-electron chi connectivity index (χ1n) is 6.62. The molecule has 1 N–H and O–H groups in total. The summed E-state index contributed by atoms with van der Waals surface area (Å²) in [5, 5.41) is 2.33. The smallest absolute Gasteiger partial charge is 0.321 e. The summed E-state index contributed by atoms with van der Waals surface area (Å²) in [6.07, 6.45) is 2.43. The molecule has 0 bridgehead atoms. The Balaban J connectivity index is 1.76. The van der Waals surface area contributed by atoms with E-state index in [2.05, 4.69) is 5.32 Å². The average molecular weight is 284 g/mol. The fourth-order valence-corrected chi connectivity index (χ4v) is 1.65. The second-order valence-corrected chi connectivity index (χ2v) is 4.97. The Hall–Kier alpha value is -1.69. The van der Waals surface area contributed by atoms with Crippen LogP contribution in [0.15, 0.2) is 18.2 Å². The van der Waals surface area contributed by atoms with Gasteiger partial charge in [0.15, 0.2) is 11.6 Å². The predicted octanol–water partition coefficient (Wildman–Crippen LogP) is 2.86. The fourth-order valence-electron chi connectivity index (χ4n) is 1.65. The van der Waals surface area contributed by atoms with Crippen LogP contribution in [0.5, 0.6) is 0 Å². The van der Waals surface area contributed by atoms with Crippen molar-refractivity contribution in [3.63, 3.8) is 0 Å². The number of anilines is 1. The molecule has 1 aliphatic carbocycles. The van der Waals surface area contributed by atoms with Crippen LogP contribution in [0, 0.1) is 17.6 Å². The van der Waals surface area contributed by atoms with Gasteiger partial charge in [-0.3, -0.25) is 0 Å². The number of nitrogens with one attached hydrogen (secondary N) is 1. The summed E-state index contributed by atoms with van der Waals surface area (Å²) in [6, 6.07) is 3.16. The monoisotopic (exact) mass is 284 g/mol. The first-order valence-corrected chi connectivity index (χ1v) is 6.62. The molecule has 0 unspecified atom stereocenters. The number of ether oxygens (including phenoxy) is 1. The van der Waals surface area contributed by atoms with Crippen molar-refractivity contribution >= 4 is 11.7 Å². The molecule has 0 radical (unpaired) electrons. The van der Waals surface area contributed by atoms with E-state index >= 15 is 0 Å². The molecule has 2 amide bonds. The van der Waals surface area contributed by atoms with E-state index in [0.29, 0.717) is 19.1 Å². The normalized spacial score (nSPS) is 14.2. The maximum absolute atomic E-state index is 13.4. The van der Waals surface area contributed by atoms with Gasteiger partial charge in [0.1, 0.15) is 0 Å². The third-order valence-electron chi connectivity index (χ3n) is 3.16. The van der Waals surface area contributed by atoms with Crippen LogP contribution in [-0.2, 0) is 4.74 Å². The topological polar surface area (TPSA) is 41.6 Å². The number of likely N-dealkylation sites (N-methyl/N-ethyl adjacent to an activating group) is 1. The molecule has 1 aliphatic rings. The van der Waals surface area contributed by atoms with E-state index in [1.54, 1.807) is 7.05 Å². The molecule has 110 valence electrons. The number of hydrogen-bond acceptors (Lipinski definition) is 2. The summed E-state index contributed by atoms with van der Waals surface area (Å²) in [4.78, 5) is 13.2. The van der Waals surface area contributed by atoms with E-state index in [-0.39, 0.29) is 5.69 Å². The van der Waals surface area contributed by atoms with Crippen LogP contribution in [0.4, 0.5) is 19.3 Å². The van der Waals surface area contributed by atoms with Crippen LogP contribution in [-0.4, -0.2) is 37.7 Å². The summed E-state index contributed by atoms with van der Waals surface area (Å²) in [5.74, 6) is -1.37. The molecule has 0 atom stereocenters. The van der Waals surface area contributed by atoms with Crippen LogP contribution < -0.4 is 5.32 Å². The summed E-state index contributed by atoms with van der Waals surface area (Å²) < 4.78 is 31.8. The average Bonchev–Trinajstić information content (AvgIpc) is 3.24. The third-order valence-corrected chi connectivity index (χ3v) is 3.16. The highest BCUT2D eigenvalue weighted by molar-refractivity contribution is 5.89. The molecule has 4 nitrogen and oxygen atoms in total. The number of rotatable bonds is 6. The summed E-state index contributed by atoms with van der Waals surface area (Å²) in [5.41, 5.74) is -0.166. The minimum absolute atomic E-state index is 0.166. The van der Waals surface area contributed by atoms with Gasteiger partial charge in [0.25, 0.3) is 0 Å². The minimum Gasteiger partial charge on any atom is -0.379 e. The number of benzene rings is 1. The van der Waals surface area contributed by atoms with Gasteiger partial charge in [0, 0.05) is 20.2 Å². The van der Waals surface area contributed by atoms with Crippen LogP contribution in [0.25, 0.3) is 0 Å². The van der Waals surface area contributed by atoms with Crippen molar-refractivity contribution in [3.8, 4) is 0 Å². The molecule has 0 saturated heterocycles. The van der Waals surface area contributed by atoms with E-state index in [4.69, 9.17) is 4.74 Å². The number of urea groups is 1. The van der Waals surface area contributed by atoms with Gasteiger partial charge in [-0.1, -0.05) is 6.07 Å². The number of carbonyl (C=O) groups is 1. The lowest BCUT2D eigenvalue weighted by molar-refractivity contribution is 0.109. The lowest BCUT2D eigenvalue weighted by Crippen LogP contribution is -2.34. The second-order valence-electron chi connectivity index (χ2n) is 4.97. The lowest BCUT2D eigenvalue weighted by atomic mass is 10.3. The molecular formula is C14H18F2N2O2. The summed E-state index contributed by atoms with van der Waals surface area (Å²) in [7, 11) is 1.58. The van der Waals surface area contributed by atoms with Crippen molar-refractivity contribution in [2.75, 3.05) is 32.1 Å². The fraction of sp³-hybridized carbons (Fsp3) is 0.500. The van der Waals surface area contributed by atoms with Crippen molar-refractivity contribution in [1.82, 2.24) is 4.90 Å². The molecule has 1 fully saturated rings. The van der Waals surface area contributed by atoms with Gasteiger partial charge < -0.3 is 15.0 Å². The van der Waals surface area contributed by atoms with Crippen LogP contribution in [0.3, 0.4) is 0 Å². The maximum Gasteiger partial charge on any atom is 0.321 e. The van der Waals surface area contributed by atoms with E-state index in [1.807, 2.05) is 0 Å². The Morgan fingerprint density at radius 3 is 2.90 bits per heavy atom. The van der Waals surface area contributed by atoms with Gasteiger partial charge in [-0.05, 0) is 30.9 Å². The molecule has 0 aromatic heterocycles. The zero-order valence-electron chi connectivity index (χ0n) is 11.4. The molecule has 0 heterocycles. The van der Waals surface area contributed by atoms with E-state index < -0.39 is 17.7 Å². The highest BCUT2D eigenvalue weighted by Gasteiger charge is 2.21. The van der Waals surface area contributed by atoms with Gasteiger partial charge in [0.2, 0.25) is 0 Å². The van der Waals surface area contributed by atoms with Gasteiger partial charge >= 0.3 is 6.03 Å². The van der Waals surface area contributed by atoms with Crippen molar-refractivity contribution in [2.45, 2.75) is 12.8 Å². The molecule has 1 aromatic rings. The van der Waals surface area contributed by atoms with Gasteiger partial charge in [-0.2, -0.15) is 0 Å². The van der Waals surface area contributed by atoms with E-state index in [1.165, 1.54) is 29.9 Å². The second kappa shape index (κ2) is 6.65. The van der Waals surface area contributed by atoms with Crippen LogP contribution in [0.1, 0.15) is 12.8 Å². The molecule has 6 heteroatoms. The zero-order chi connectivity index (χ0) is 14.5. The Bertz CT molecular complexity index is 478. The van der Waals surface area contributed by atoms with Crippen molar-refractivity contribution < 1.29 is 18.3 Å². The molecular weight excluding hydrogens is 266 g/mol. The Kier molecular flexibility index (Phi) is 4.89. The lowest BCUT2D eigenvalue weighted by Gasteiger charge is -2.18. The summed E-state index contributed by atoms with van der Waals surface area (Å²) >= 11 is 0. The van der Waals surface area contributed by atoms with Crippen LogP contribution >= 0.6 is 0 Å². The van der Waals surface area contributed by atoms with Crippen molar-refractivity contribution in [3.05, 3.63) is 29.8 Å². The van der Waals surface area contributed by atoms with Gasteiger partial charge in [-0.25, -0.2) is 13.6 Å². The predicted molar refractivity (Wildman–Crippen MR) is 71.5 cm³/mol.